The number of aromatic nitrogens is 2. The van der Waals surface area contributed by atoms with Gasteiger partial charge in [-0.2, -0.15) is 4.98 Å². The van der Waals surface area contributed by atoms with Gasteiger partial charge in [-0.3, -0.25) is 4.57 Å². The van der Waals surface area contributed by atoms with E-state index in [2.05, 4.69) is 10.3 Å². The zero-order valence-corrected chi connectivity index (χ0v) is 8.55. The Kier molecular flexibility index (Phi) is 1.94. The van der Waals surface area contributed by atoms with Crippen molar-refractivity contribution in [3.8, 4) is 0 Å². The summed E-state index contributed by atoms with van der Waals surface area (Å²) in [7, 11) is 0. The van der Waals surface area contributed by atoms with Gasteiger partial charge in [0.1, 0.15) is 5.82 Å². The fourth-order valence-electron chi connectivity index (χ4n) is 2.03. The van der Waals surface area contributed by atoms with E-state index in [1.165, 1.54) is 4.57 Å². The number of hydrogen-bond donors (Lipinski definition) is 2. The van der Waals surface area contributed by atoms with Crippen molar-refractivity contribution in [3.05, 3.63) is 34.7 Å². The van der Waals surface area contributed by atoms with Crippen molar-refractivity contribution in [2.45, 2.75) is 12.6 Å². The first-order valence-electron chi connectivity index (χ1n) is 5.17. The fraction of sp³-hybridized carbons (Fsp3) is 0.273. The van der Waals surface area contributed by atoms with Crippen molar-refractivity contribution >= 4 is 16.7 Å². The molecule has 1 aliphatic rings. The molecule has 0 amide bonds. The van der Waals surface area contributed by atoms with Gasteiger partial charge in [0.2, 0.25) is 0 Å². The van der Waals surface area contributed by atoms with Crippen LogP contribution in [0.2, 0.25) is 0 Å². The molecule has 5 heteroatoms. The zero-order valence-electron chi connectivity index (χ0n) is 8.55. The summed E-state index contributed by atoms with van der Waals surface area (Å²) in [5.74, 6) is 0.751. The topological polar surface area (TPSA) is 67.2 Å². The van der Waals surface area contributed by atoms with Crippen molar-refractivity contribution in [2.24, 2.45) is 0 Å². The third-order valence-corrected chi connectivity index (χ3v) is 2.77. The van der Waals surface area contributed by atoms with Crippen LogP contribution in [0.3, 0.4) is 0 Å². The van der Waals surface area contributed by atoms with Crippen LogP contribution in [0.1, 0.15) is 0 Å². The first-order valence-corrected chi connectivity index (χ1v) is 5.17. The molecular formula is C11H11N3O2. The molecular weight excluding hydrogens is 206 g/mol. The molecule has 1 atom stereocenters. The van der Waals surface area contributed by atoms with Gasteiger partial charge in [0, 0.05) is 11.9 Å². The van der Waals surface area contributed by atoms with Crippen LogP contribution in [-0.4, -0.2) is 27.3 Å². The van der Waals surface area contributed by atoms with Gasteiger partial charge >= 0.3 is 5.69 Å². The molecule has 0 aliphatic carbocycles. The minimum atomic E-state index is -0.534. The van der Waals surface area contributed by atoms with E-state index in [9.17, 15) is 9.90 Å². The molecule has 1 aromatic carbocycles. The van der Waals surface area contributed by atoms with Gasteiger partial charge < -0.3 is 10.4 Å². The maximum atomic E-state index is 11.7. The van der Waals surface area contributed by atoms with E-state index >= 15 is 0 Å². The highest BCUT2D eigenvalue weighted by molar-refractivity contribution is 5.89. The van der Waals surface area contributed by atoms with Gasteiger partial charge in [0.15, 0.2) is 0 Å². The van der Waals surface area contributed by atoms with Gasteiger partial charge in [-0.05, 0) is 12.1 Å². The van der Waals surface area contributed by atoms with Gasteiger partial charge in [0.25, 0.3) is 0 Å². The quantitative estimate of drug-likeness (QED) is 0.660. The van der Waals surface area contributed by atoms with E-state index in [4.69, 9.17) is 0 Å². The van der Waals surface area contributed by atoms with E-state index in [1.54, 1.807) is 0 Å². The number of rotatable bonds is 0. The number of hydrogen-bond acceptors (Lipinski definition) is 4. The Bertz CT molecular complexity index is 606. The number of fused-ring (bicyclic) bond motifs is 3. The summed E-state index contributed by atoms with van der Waals surface area (Å²) in [5, 5.41) is 13.5. The Morgan fingerprint density at radius 2 is 2.25 bits per heavy atom. The second-order valence-electron chi connectivity index (χ2n) is 3.91. The first kappa shape index (κ1) is 9.35. The Morgan fingerprint density at radius 1 is 1.44 bits per heavy atom. The molecule has 0 saturated carbocycles. The molecule has 1 aromatic heterocycles. The number of β-amino-alcohol motifs (C(OH)–C–C–N with tert-alkyl or cyclic N) is 1. The molecule has 2 heterocycles. The number of para-hydroxylation sites is 1. The maximum absolute atomic E-state index is 11.7. The molecule has 0 bridgehead atoms. The number of aliphatic hydroxyl groups excluding tert-OH is 1. The van der Waals surface area contributed by atoms with E-state index in [-0.39, 0.29) is 5.69 Å². The average Bonchev–Trinajstić information content (AvgIpc) is 2.29. The van der Waals surface area contributed by atoms with Crippen molar-refractivity contribution in [2.75, 3.05) is 11.9 Å². The van der Waals surface area contributed by atoms with E-state index in [1.807, 2.05) is 24.3 Å². The highest BCUT2D eigenvalue weighted by atomic mass is 16.3. The van der Waals surface area contributed by atoms with Crippen LogP contribution < -0.4 is 11.0 Å². The molecule has 0 spiro atoms. The van der Waals surface area contributed by atoms with Gasteiger partial charge in [-0.1, -0.05) is 12.1 Å². The largest absolute Gasteiger partial charge is 0.389 e. The lowest BCUT2D eigenvalue weighted by atomic mass is 10.2. The van der Waals surface area contributed by atoms with Crippen molar-refractivity contribution in [3.63, 3.8) is 0 Å². The molecule has 5 nitrogen and oxygen atoms in total. The minimum Gasteiger partial charge on any atom is -0.389 e. The number of benzene rings is 1. The summed E-state index contributed by atoms with van der Waals surface area (Å²) >= 11 is 0. The van der Waals surface area contributed by atoms with E-state index in [0.29, 0.717) is 18.6 Å². The Labute approximate surface area is 91.4 Å². The summed E-state index contributed by atoms with van der Waals surface area (Å²) in [6, 6.07) is 7.48. The highest BCUT2D eigenvalue weighted by Gasteiger charge is 2.19. The summed E-state index contributed by atoms with van der Waals surface area (Å²) < 4.78 is 1.48. The second-order valence-corrected chi connectivity index (χ2v) is 3.91. The van der Waals surface area contributed by atoms with Gasteiger partial charge in [-0.25, -0.2) is 4.79 Å². The smallest absolute Gasteiger partial charge is 0.349 e. The van der Waals surface area contributed by atoms with E-state index < -0.39 is 6.10 Å². The monoisotopic (exact) mass is 217 g/mol. The Hall–Kier alpha value is -1.88. The van der Waals surface area contributed by atoms with Crippen LogP contribution in [-0.2, 0) is 6.54 Å². The van der Waals surface area contributed by atoms with E-state index in [0.717, 1.165) is 11.2 Å². The predicted molar refractivity (Wildman–Crippen MR) is 60.5 cm³/mol. The van der Waals surface area contributed by atoms with Crippen LogP contribution in [0, 0.1) is 0 Å². The minimum absolute atomic E-state index is 0.305. The Balaban J connectivity index is 2.36. The third kappa shape index (κ3) is 1.29. The molecule has 1 unspecified atom stereocenters. The van der Waals surface area contributed by atoms with Crippen LogP contribution in [0.15, 0.2) is 29.1 Å². The molecule has 16 heavy (non-hydrogen) atoms. The predicted octanol–water partition coefficient (Wildman–Crippen LogP) is 0.183. The normalized spacial score (nSPS) is 19.2. The Morgan fingerprint density at radius 3 is 3.12 bits per heavy atom. The van der Waals surface area contributed by atoms with Crippen LogP contribution >= 0.6 is 0 Å². The summed E-state index contributed by atoms with van der Waals surface area (Å²) in [5.41, 5.74) is 0.364. The maximum Gasteiger partial charge on any atom is 0.349 e. The molecule has 2 aromatic rings. The summed E-state index contributed by atoms with van der Waals surface area (Å²) in [6.45, 7) is 0.770. The number of nitrogens with zero attached hydrogens (tertiary/aromatic N) is 2. The lowest BCUT2D eigenvalue weighted by molar-refractivity contribution is 0.158. The van der Waals surface area contributed by atoms with Crippen LogP contribution in [0.25, 0.3) is 10.9 Å². The number of anilines is 1. The number of aliphatic hydroxyl groups is 1. The molecule has 0 radical (unpaired) electrons. The molecule has 0 fully saturated rings. The SMILES string of the molecule is O=c1nc2ccccc2c2n1CC(O)CN2. The highest BCUT2D eigenvalue weighted by Crippen LogP contribution is 2.22. The first-order chi connectivity index (χ1) is 7.75. The summed E-state index contributed by atoms with van der Waals surface area (Å²) in [6.07, 6.45) is -0.534. The van der Waals surface area contributed by atoms with Crippen molar-refractivity contribution < 1.29 is 5.11 Å². The molecule has 3 rings (SSSR count). The molecule has 1 aliphatic heterocycles. The van der Waals surface area contributed by atoms with Crippen LogP contribution in [0.4, 0.5) is 5.82 Å². The lowest BCUT2D eigenvalue weighted by Crippen LogP contribution is -2.39. The standard InChI is InChI=1S/C11H11N3O2/c15-7-5-12-10-8-3-1-2-4-9(8)13-11(16)14(10)6-7/h1-4,7,12,15H,5-6H2. The molecule has 82 valence electrons. The van der Waals surface area contributed by atoms with Gasteiger partial charge in [0.05, 0.1) is 18.2 Å². The van der Waals surface area contributed by atoms with Gasteiger partial charge in [-0.15, -0.1) is 0 Å². The second kappa shape index (κ2) is 3.31. The molecule has 2 N–H and O–H groups in total. The number of nitrogens with one attached hydrogen (secondary N) is 1. The third-order valence-electron chi connectivity index (χ3n) is 2.77. The van der Waals surface area contributed by atoms with Crippen LogP contribution in [0.5, 0.6) is 0 Å². The lowest BCUT2D eigenvalue weighted by Gasteiger charge is -2.24. The average molecular weight is 217 g/mol. The fourth-order valence-corrected chi connectivity index (χ4v) is 2.03. The van der Waals surface area contributed by atoms with Crippen molar-refractivity contribution in [1.82, 2.24) is 9.55 Å². The zero-order chi connectivity index (χ0) is 11.1. The molecule has 0 saturated heterocycles. The summed E-state index contributed by atoms with van der Waals surface area (Å²) in [4.78, 5) is 15.7. The van der Waals surface area contributed by atoms with Crippen molar-refractivity contribution in [1.29, 1.82) is 0 Å².